The van der Waals surface area contributed by atoms with Crippen LogP contribution in [0.5, 0.6) is 0 Å². The molecule has 3 heteroatoms. The lowest BCUT2D eigenvalue weighted by Crippen LogP contribution is -2.35. The summed E-state index contributed by atoms with van der Waals surface area (Å²) >= 11 is 3.52. The number of benzene rings is 1. The molecule has 0 radical (unpaired) electrons. The average molecular weight is 283 g/mol. The van der Waals surface area contributed by atoms with Crippen LogP contribution >= 0.6 is 15.9 Å². The largest absolute Gasteiger partial charge is 0.382 e. The predicted molar refractivity (Wildman–Crippen MR) is 73.0 cm³/mol. The van der Waals surface area contributed by atoms with Crippen LogP contribution < -0.4 is 10.6 Å². The Hall–Kier alpha value is -0.540. The zero-order valence-electron chi connectivity index (χ0n) is 9.72. The minimum absolute atomic E-state index is 0.632. The summed E-state index contributed by atoms with van der Waals surface area (Å²) in [5.41, 5.74) is 2.70. The molecule has 0 unspecified atom stereocenters. The standard InChI is InChI=1S/C13H19BrN2/c1-2-10-9-11(14)3-4-13(10)16-12-5-7-15-8-6-12/h3-4,9,12,15-16H,2,5-8H2,1H3. The van der Waals surface area contributed by atoms with Crippen LogP contribution in [0.3, 0.4) is 0 Å². The van der Waals surface area contributed by atoms with Gasteiger partial charge < -0.3 is 10.6 Å². The Morgan fingerprint density at radius 2 is 2.12 bits per heavy atom. The predicted octanol–water partition coefficient (Wildman–Crippen LogP) is 3.18. The molecule has 1 fully saturated rings. The number of hydrogen-bond donors (Lipinski definition) is 2. The monoisotopic (exact) mass is 282 g/mol. The second-order valence-corrected chi connectivity index (χ2v) is 5.24. The summed E-state index contributed by atoms with van der Waals surface area (Å²) in [6.45, 7) is 4.47. The van der Waals surface area contributed by atoms with Crippen molar-refractivity contribution in [2.45, 2.75) is 32.2 Å². The summed E-state index contributed by atoms with van der Waals surface area (Å²) in [4.78, 5) is 0. The van der Waals surface area contributed by atoms with E-state index in [0.717, 1.165) is 19.5 Å². The maximum atomic E-state index is 3.67. The van der Waals surface area contributed by atoms with Gasteiger partial charge in [-0.3, -0.25) is 0 Å². The number of hydrogen-bond acceptors (Lipinski definition) is 2. The van der Waals surface area contributed by atoms with Gasteiger partial charge in [0.1, 0.15) is 0 Å². The smallest absolute Gasteiger partial charge is 0.0375 e. The molecule has 0 saturated carbocycles. The zero-order valence-corrected chi connectivity index (χ0v) is 11.3. The fourth-order valence-electron chi connectivity index (χ4n) is 2.18. The summed E-state index contributed by atoms with van der Waals surface area (Å²) in [6.07, 6.45) is 3.52. The molecule has 0 aromatic heterocycles. The van der Waals surface area contributed by atoms with Gasteiger partial charge in [-0.15, -0.1) is 0 Å². The third-order valence-electron chi connectivity index (χ3n) is 3.15. The van der Waals surface area contributed by atoms with Crippen molar-refractivity contribution in [1.29, 1.82) is 0 Å². The van der Waals surface area contributed by atoms with E-state index in [1.807, 2.05) is 0 Å². The van der Waals surface area contributed by atoms with Crippen LogP contribution in [0.25, 0.3) is 0 Å². The first-order chi connectivity index (χ1) is 7.79. The number of nitrogens with one attached hydrogen (secondary N) is 2. The maximum absolute atomic E-state index is 3.67. The molecule has 1 aliphatic rings. The second kappa shape index (κ2) is 5.69. The fourth-order valence-corrected chi connectivity index (χ4v) is 2.59. The van der Waals surface area contributed by atoms with Gasteiger partial charge in [0.25, 0.3) is 0 Å². The Balaban J connectivity index is 2.07. The number of anilines is 1. The molecule has 1 heterocycles. The molecule has 88 valence electrons. The van der Waals surface area contributed by atoms with Crippen molar-refractivity contribution in [2.24, 2.45) is 0 Å². The molecule has 0 aliphatic carbocycles. The van der Waals surface area contributed by atoms with E-state index in [4.69, 9.17) is 0 Å². The van der Waals surface area contributed by atoms with E-state index in [1.165, 1.54) is 28.6 Å². The van der Waals surface area contributed by atoms with Gasteiger partial charge in [-0.25, -0.2) is 0 Å². The highest BCUT2D eigenvalue weighted by Gasteiger charge is 2.13. The number of aryl methyl sites for hydroxylation is 1. The van der Waals surface area contributed by atoms with Crippen LogP contribution in [0, 0.1) is 0 Å². The van der Waals surface area contributed by atoms with Crippen LogP contribution in [0.4, 0.5) is 5.69 Å². The second-order valence-electron chi connectivity index (χ2n) is 4.32. The topological polar surface area (TPSA) is 24.1 Å². The molecule has 2 rings (SSSR count). The quantitative estimate of drug-likeness (QED) is 0.890. The van der Waals surface area contributed by atoms with E-state index in [1.54, 1.807) is 0 Å². The van der Waals surface area contributed by atoms with Crippen LogP contribution in [0.2, 0.25) is 0 Å². The highest BCUT2D eigenvalue weighted by atomic mass is 79.9. The molecule has 1 saturated heterocycles. The molecular formula is C13H19BrN2. The number of piperidine rings is 1. The van der Waals surface area contributed by atoms with Gasteiger partial charge in [-0.05, 0) is 56.1 Å². The summed E-state index contributed by atoms with van der Waals surface area (Å²) in [6, 6.07) is 7.14. The Bertz CT molecular complexity index is 346. The third kappa shape index (κ3) is 2.98. The van der Waals surface area contributed by atoms with Crippen molar-refractivity contribution in [3.05, 3.63) is 28.2 Å². The van der Waals surface area contributed by atoms with E-state index in [9.17, 15) is 0 Å². The lowest BCUT2D eigenvalue weighted by Gasteiger charge is -2.25. The fraction of sp³-hybridized carbons (Fsp3) is 0.538. The van der Waals surface area contributed by atoms with Crippen molar-refractivity contribution in [2.75, 3.05) is 18.4 Å². The van der Waals surface area contributed by atoms with Crippen molar-refractivity contribution in [3.8, 4) is 0 Å². The molecule has 16 heavy (non-hydrogen) atoms. The Morgan fingerprint density at radius 3 is 2.81 bits per heavy atom. The van der Waals surface area contributed by atoms with E-state index in [0.29, 0.717) is 6.04 Å². The number of halogens is 1. The normalized spacial score (nSPS) is 17.4. The van der Waals surface area contributed by atoms with Gasteiger partial charge in [-0.2, -0.15) is 0 Å². The molecule has 0 bridgehead atoms. The molecule has 2 N–H and O–H groups in total. The van der Waals surface area contributed by atoms with Gasteiger partial charge in [0.15, 0.2) is 0 Å². The van der Waals surface area contributed by atoms with Crippen LogP contribution in [0.1, 0.15) is 25.3 Å². The summed E-state index contributed by atoms with van der Waals surface area (Å²) in [5.74, 6) is 0. The minimum atomic E-state index is 0.632. The van der Waals surface area contributed by atoms with Gasteiger partial charge in [0, 0.05) is 16.2 Å². The highest BCUT2D eigenvalue weighted by Crippen LogP contribution is 2.23. The van der Waals surface area contributed by atoms with E-state index < -0.39 is 0 Å². The highest BCUT2D eigenvalue weighted by molar-refractivity contribution is 9.10. The number of rotatable bonds is 3. The van der Waals surface area contributed by atoms with Crippen LogP contribution in [-0.2, 0) is 6.42 Å². The van der Waals surface area contributed by atoms with Crippen molar-refractivity contribution in [1.82, 2.24) is 5.32 Å². The molecule has 1 aromatic rings. The Labute approximate surface area is 106 Å². The SMILES string of the molecule is CCc1cc(Br)ccc1NC1CCNCC1. The van der Waals surface area contributed by atoms with Gasteiger partial charge in [-0.1, -0.05) is 22.9 Å². The van der Waals surface area contributed by atoms with Crippen molar-refractivity contribution < 1.29 is 0 Å². The summed E-state index contributed by atoms with van der Waals surface area (Å²) in [7, 11) is 0. The van der Waals surface area contributed by atoms with Crippen LogP contribution in [0.15, 0.2) is 22.7 Å². The summed E-state index contributed by atoms with van der Waals surface area (Å²) < 4.78 is 1.17. The molecular weight excluding hydrogens is 264 g/mol. The molecule has 1 aromatic carbocycles. The van der Waals surface area contributed by atoms with Crippen molar-refractivity contribution >= 4 is 21.6 Å². The maximum Gasteiger partial charge on any atom is 0.0375 e. The molecule has 0 amide bonds. The Morgan fingerprint density at radius 1 is 1.38 bits per heavy atom. The first kappa shape index (κ1) is 11.9. The molecule has 0 spiro atoms. The Kier molecular flexibility index (Phi) is 4.24. The average Bonchev–Trinajstić information content (AvgIpc) is 2.33. The summed E-state index contributed by atoms with van der Waals surface area (Å²) in [5, 5.41) is 7.06. The molecule has 1 aliphatic heterocycles. The van der Waals surface area contributed by atoms with Crippen LogP contribution in [-0.4, -0.2) is 19.1 Å². The van der Waals surface area contributed by atoms with E-state index in [-0.39, 0.29) is 0 Å². The van der Waals surface area contributed by atoms with Crippen molar-refractivity contribution in [3.63, 3.8) is 0 Å². The molecule has 2 nitrogen and oxygen atoms in total. The van der Waals surface area contributed by atoms with E-state index in [2.05, 4.69) is 51.7 Å². The first-order valence-electron chi connectivity index (χ1n) is 6.05. The lowest BCUT2D eigenvalue weighted by molar-refractivity contribution is 0.479. The first-order valence-corrected chi connectivity index (χ1v) is 6.84. The lowest BCUT2D eigenvalue weighted by atomic mass is 10.0. The van der Waals surface area contributed by atoms with Gasteiger partial charge in [0.2, 0.25) is 0 Å². The van der Waals surface area contributed by atoms with Gasteiger partial charge in [0.05, 0.1) is 0 Å². The van der Waals surface area contributed by atoms with E-state index >= 15 is 0 Å². The third-order valence-corrected chi connectivity index (χ3v) is 3.64. The zero-order chi connectivity index (χ0) is 11.4. The minimum Gasteiger partial charge on any atom is -0.382 e. The van der Waals surface area contributed by atoms with Gasteiger partial charge >= 0.3 is 0 Å². The molecule has 0 atom stereocenters.